The van der Waals surface area contributed by atoms with Crippen molar-refractivity contribution in [3.63, 3.8) is 0 Å². The minimum absolute atomic E-state index is 0.0334. The molecule has 0 saturated carbocycles. The fourth-order valence-electron chi connectivity index (χ4n) is 1.75. The SMILES string of the molecule is COC(=O)CCCCOc1cc(CSC)cc([N+](=O)[O-])c1. The van der Waals surface area contributed by atoms with E-state index in [0.29, 0.717) is 37.4 Å². The van der Waals surface area contributed by atoms with Crippen LogP contribution >= 0.6 is 11.8 Å². The van der Waals surface area contributed by atoms with Crippen LogP contribution in [0.3, 0.4) is 0 Å². The van der Waals surface area contributed by atoms with E-state index in [9.17, 15) is 14.9 Å². The average molecular weight is 313 g/mol. The van der Waals surface area contributed by atoms with Crippen LogP contribution in [0.5, 0.6) is 5.75 Å². The second-order valence-corrected chi connectivity index (χ2v) is 5.27. The van der Waals surface area contributed by atoms with Gasteiger partial charge in [0.1, 0.15) is 5.75 Å². The molecule has 1 aromatic rings. The second kappa shape index (κ2) is 9.23. The van der Waals surface area contributed by atoms with Gasteiger partial charge in [0.05, 0.1) is 24.7 Å². The zero-order valence-electron chi connectivity index (χ0n) is 12.2. The Bertz CT molecular complexity index is 492. The minimum Gasteiger partial charge on any atom is -0.493 e. The van der Waals surface area contributed by atoms with Gasteiger partial charge in [-0.2, -0.15) is 11.8 Å². The number of ether oxygens (including phenoxy) is 2. The molecular weight excluding hydrogens is 294 g/mol. The van der Waals surface area contributed by atoms with Crippen molar-refractivity contribution in [2.45, 2.75) is 25.0 Å². The molecular formula is C14H19NO5S. The Balaban J connectivity index is 2.53. The van der Waals surface area contributed by atoms with Gasteiger partial charge in [0, 0.05) is 18.2 Å². The molecule has 0 unspecified atom stereocenters. The first kappa shape index (κ1) is 17.3. The molecule has 116 valence electrons. The number of thioether (sulfide) groups is 1. The lowest BCUT2D eigenvalue weighted by Gasteiger charge is -2.08. The predicted octanol–water partition coefficient (Wildman–Crippen LogP) is 3.18. The molecule has 7 heteroatoms. The first-order valence-electron chi connectivity index (χ1n) is 6.53. The van der Waals surface area contributed by atoms with E-state index in [1.807, 2.05) is 12.3 Å². The van der Waals surface area contributed by atoms with Gasteiger partial charge in [-0.05, 0) is 30.7 Å². The predicted molar refractivity (Wildman–Crippen MR) is 81.7 cm³/mol. The van der Waals surface area contributed by atoms with Crippen LogP contribution in [0, 0.1) is 10.1 Å². The van der Waals surface area contributed by atoms with Gasteiger partial charge in [-0.3, -0.25) is 14.9 Å². The van der Waals surface area contributed by atoms with Crippen LogP contribution < -0.4 is 4.74 Å². The molecule has 21 heavy (non-hydrogen) atoms. The minimum atomic E-state index is -0.423. The Kier molecular flexibility index (Phi) is 7.60. The molecule has 0 aliphatic carbocycles. The zero-order chi connectivity index (χ0) is 15.7. The maximum absolute atomic E-state index is 10.9. The number of nitro groups is 1. The molecule has 0 heterocycles. The monoisotopic (exact) mass is 313 g/mol. The number of rotatable bonds is 9. The Hall–Kier alpha value is -1.76. The maximum Gasteiger partial charge on any atom is 0.305 e. The highest BCUT2D eigenvalue weighted by atomic mass is 32.2. The zero-order valence-corrected chi connectivity index (χ0v) is 13.0. The number of nitrogens with zero attached hydrogens (tertiary/aromatic N) is 1. The van der Waals surface area contributed by atoms with Crippen molar-refractivity contribution in [2.24, 2.45) is 0 Å². The fourth-order valence-corrected chi connectivity index (χ4v) is 2.25. The van der Waals surface area contributed by atoms with Gasteiger partial charge in [0.15, 0.2) is 0 Å². The topological polar surface area (TPSA) is 78.7 Å². The molecule has 0 aromatic heterocycles. The lowest BCUT2D eigenvalue weighted by atomic mass is 10.2. The summed E-state index contributed by atoms with van der Waals surface area (Å²) in [6.07, 6.45) is 3.65. The molecule has 0 N–H and O–H groups in total. The van der Waals surface area contributed by atoms with Crippen LogP contribution in [0.25, 0.3) is 0 Å². The van der Waals surface area contributed by atoms with Crippen LogP contribution in [-0.4, -0.2) is 30.9 Å². The van der Waals surface area contributed by atoms with Gasteiger partial charge in [0.2, 0.25) is 0 Å². The van der Waals surface area contributed by atoms with Gasteiger partial charge in [-0.15, -0.1) is 0 Å². The molecule has 0 bridgehead atoms. The van der Waals surface area contributed by atoms with Crippen molar-refractivity contribution in [3.8, 4) is 5.75 Å². The Labute approximate surface area is 128 Å². The molecule has 0 aliphatic heterocycles. The third-order valence-corrected chi connectivity index (χ3v) is 3.37. The summed E-state index contributed by atoms with van der Waals surface area (Å²) in [6.45, 7) is 0.414. The van der Waals surface area contributed by atoms with Crippen molar-refractivity contribution in [3.05, 3.63) is 33.9 Å². The summed E-state index contributed by atoms with van der Waals surface area (Å²) in [5, 5.41) is 10.9. The molecule has 0 radical (unpaired) electrons. The van der Waals surface area contributed by atoms with E-state index in [-0.39, 0.29) is 11.7 Å². The number of esters is 1. The molecule has 6 nitrogen and oxygen atoms in total. The Morgan fingerprint density at radius 1 is 1.33 bits per heavy atom. The number of methoxy groups -OCH3 is 1. The smallest absolute Gasteiger partial charge is 0.305 e. The number of nitro benzene ring substituents is 1. The molecule has 0 amide bonds. The quantitative estimate of drug-likeness (QED) is 0.301. The average Bonchev–Trinajstić information content (AvgIpc) is 2.46. The molecule has 1 aromatic carbocycles. The van der Waals surface area contributed by atoms with E-state index in [4.69, 9.17) is 4.74 Å². The molecule has 0 fully saturated rings. The summed E-state index contributed by atoms with van der Waals surface area (Å²) in [5.41, 5.74) is 0.896. The van der Waals surface area contributed by atoms with Gasteiger partial charge in [-0.25, -0.2) is 0 Å². The number of hydrogen-bond acceptors (Lipinski definition) is 6. The van der Waals surface area contributed by atoms with E-state index in [1.54, 1.807) is 17.8 Å². The number of hydrogen-bond donors (Lipinski definition) is 0. The number of non-ortho nitro benzene ring substituents is 1. The third kappa shape index (κ3) is 6.48. The van der Waals surface area contributed by atoms with E-state index >= 15 is 0 Å². The van der Waals surface area contributed by atoms with Crippen LogP contribution in [0.4, 0.5) is 5.69 Å². The van der Waals surface area contributed by atoms with Gasteiger partial charge in [0.25, 0.3) is 5.69 Å². The largest absolute Gasteiger partial charge is 0.493 e. The van der Waals surface area contributed by atoms with E-state index in [2.05, 4.69) is 4.74 Å². The van der Waals surface area contributed by atoms with Gasteiger partial charge < -0.3 is 9.47 Å². The van der Waals surface area contributed by atoms with Crippen molar-refractivity contribution in [1.29, 1.82) is 0 Å². The first-order chi connectivity index (χ1) is 10.1. The summed E-state index contributed by atoms with van der Waals surface area (Å²) < 4.78 is 10.1. The number of carbonyl (C=O) groups is 1. The highest BCUT2D eigenvalue weighted by molar-refractivity contribution is 7.97. The van der Waals surface area contributed by atoms with Gasteiger partial charge in [-0.1, -0.05) is 0 Å². The van der Waals surface area contributed by atoms with Crippen molar-refractivity contribution in [1.82, 2.24) is 0 Å². The van der Waals surface area contributed by atoms with Crippen LogP contribution in [0.1, 0.15) is 24.8 Å². The number of carbonyl (C=O) groups excluding carboxylic acids is 1. The second-order valence-electron chi connectivity index (χ2n) is 4.41. The fraction of sp³-hybridized carbons (Fsp3) is 0.500. The molecule has 0 aliphatic rings. The number of benzene rings is 1. The van der Waals surface area contributed by atoms with Crippen LogP contribution in [0.15, 0.2) is 18.2 Å². The lowest BCUT2D eigenvalue weighted by molar-refractivity contribution is -0.385. The standard InChI is InChI=1S/C14H19NO5S/c1-19-14(16)5-3-4-6-20-13-8-11(10-21-2)7-12(9-13)15(17)18/h7-9H,3-6,10H2,1-2H3. The van der Waals surface area contributed by atoms with Crippen LogP contribution in [-0.2, 0) is 15.3 Å². The molecule has 0 atom stereocenters. The highest BCUT2D eigenvalue weighted by Gasteiger charge is 2.10. The summed E-state index contributed by atoms with van der Waals surface area (Å²) in [6, 6.07) is 4.79. The third-order valence-electron chi connectivity index (χ3n) is 2.74. The number of unbranched alkanes of at least 4 members (excludes halogenated alkanes) is 1. The van der Waals surface area contributed by atoms with Crippen molar-refractivity contribution >= 4 is 23.4 Å². The lowest BCUT2D eigenvalue weighted by Crippen LogP contribution is -2.03. The van der Waals surface area contributed by atoms with E-state index < -0.39 is 4.92 Å². The molecule has 0 saturated heterocycles. The normalized spacial score (nSPS) is 10.2. The molecule has 1 rings (SSSR count). The summed E-state index contributed by atoms with van der Waals surface area (Å²) >= 11 is 1.59. The summed E-state index contributed by atoms with van der Waals surface area (Å²) in [4.78, 5) is 21.4. The van der Waals surface area contributed by atoms with E-state index in [1.165, 1.54) is 13.2 Å². The maximum atomic E-state index is 10.9. The van der Waals surface area contributed by atoms with Crippen LogP contribution in [0.2, 0.25) is 0 Å². The van der Waals surface area contributed by atoms with Crippen molar-refractivity contribution in [2.75, 3.05) is 20.0 Å². The van der Waals surface area contributed by atoms with Gasteiger partial charge >= 0.3 is 5.97 Å². The first-order valence-corrected chi connectivity index (χ1v) is 7.93. The Morgan fingerprint density at radius 3 is 2.71 bits per heavy atom. The van der Waals surface area contributed by atoms with E-state index in [0.717, 1.165) is 5.56 Å². The highest BCUT2D eigenvalue weighted by Crippen LogP contribution is 2.25. The van der Waals surface area contributed by atoms with Crippen molar-refractivity contribution < 1.29 is 19.2 Å². The molecule has 0 spiro atoms. The summed E-state index contributed by atoms with van der Waals surface area (Å²) in [7, 11) is 1.36. The summed E-state index contributed by atoms with van der Waals surface area (Å²) in [5.74, 6) is 0.944. The Morgan fingerprint density at radius 2 is 2.10 bits per heavy atom.